The van der Waals surface area contributed by atoms with E-state index in [0.717, 1.165) is 6.92 Å². The van der Waals surface area contributed by atoms with Crippen molar-refractivity contribution in [2.24, 2.45) is 11.5 Å². The lowest BCUT2D eigenvalue weighted by Crippen LogP contribution is -2.67. The van der Waals surface area contributed by atoms with Gasteiger partial charge in [-0.05, 0) is 6.92 Å². The maximum atomic E-state index is 13.0. The number of amides is 1. The van der Waals surface area contributed by atoms with Crippen molar-refractivity contribution in [1.82, 2.24) is 5.32 Å². The summed E-state index contributed by atoms with van der Waals surface area (Å²) in [5, 5.41) is 1.69. The normalized spacial score (nSPS) is 31.8. The molecule has 0 aromatic rings. The molecule has 0 saturated heterocycles. The molecular weight excluding hydrogens is 216 g/mol. The molecule has 5 N–H and O–H groups in total. The Labute approximate surface area is 84.3 Å². The number of carbonyl (C=O) groups excluding carboxylic acids is 1. The summed E-state index contributed by atoms with van der Waals surface area (Å²) in [6.45, 7) is 0.363. The van der Waals surface area contributed by atoms with Crippen molar-refractivity contribution in [2.45, 2.75) is 18.5 Å². The van der Waals surface area contributed by atoms with Crippen LogP contribution in [0.5, 0.6) is 0 Å². The minimum absolute atomic E-state index is 0.431. The van der Waals surface area contributed by atoms with Crippen molar-refractivity contribution in [3.8, 4) is 0 Å². The molecule has 1 heterocycles. The number of primary amides is 1. The second kappa shape index (κ2) is 3.15. The van der Waals surface area contributed by atoms with Crippen LogP contribution in [0.25, 0.3) is 0 Å². The minimum atomic E-state index is -3.10. The predicted octanol–water partition coefficient (Wildman–Crippen LogP) is -0.122. The summed E-state index contributed by atoms with van der Waals surface area (Å²) in [7, 11) is 0. The Hall–Kier alpha value is -0.720. The molecule has 0 aromatic heterocycles. The Bertz CT molecular complexity index is 318. The zero-order chi connectivity index (χ0) is 11.1. The zero-order valence-electron chi connectivity index (χ0n) is 7.40. The molecule has 1 aliphatic rings. The molecular formula is C7H10ClF2N3O. The van der Waals surface area contributed by atoms with Gasteiger partial charge in [0.1, 0.15) is 0 Å². The molecule has 7 heteroatoms. The van der Waals surface area contributed by atoms with Gasteiger partial charge in [-0.25, -0.2) is 8.78 Å². The summed E-state index contributed by atoms with van der Waals surface area (Å²) in [4.78, 5) is 10.9. The Morgan fingerprint density at radius 1 is 1.64 bits per heavy atom. The molecule has 14 heavy (non-hydrogen) atoms. The molecule has 1 aliphatic heterocycles. The maximum absolute atomic E-state index is 13.0. The summed E-state index contributed by atoms with van der Waals surface area (Å²) >= 11 is 5.57. The van der Waals surface area contributed by atoms with Crippen LogP contribution in [0.4, 0.5) is 8.78 Å². The number of hydrogen-bond acceptors (Lipinski definition) is 3. The predicted molar refractivity (Wildman–Crippen MR) is 47.6 cm³/mol. The standard InChI is InChI=1S/C7H10ClF2N3O/c1-3-4(8)7(12,5(11)14)13-2-6(3,9)10/h13H,2,12H2,1H3,(H2,11,14). The highest BCUT2D eigenvalue weighted by Gasteiger charge is 2.48. The van der Waals surface area contributed by atoms with E-state index in [4.69, 9.17) is 23.1 Å². The van der Waals surface area contributed by atoms with Crippen LogP contribution in [0.2, 0.25) is 0 Å². The molecule has 0 radical (unpaired) electrons. The van der Waals surface area contributed by atoms with Crippen molar-refractivity contribution in [1.29, 1.82) is 0 Å². The van der Waals surface area contributed by atoms with Crippen molar-refractivity contribution >= 4 is 17.5 Å². The van der Waals surface area contributed by atoms with Gasteiger partial charge in [0.05, 0.1) is 11.6 Å². The molecule has 80 valence electrons. The van der Waals surface area contributed by atoms with Crippen molar-refractivity contribution in [3.05, 3.63) is 10.6 Å². The molecule has 0 aliphatic carbocycles. The average Bonchev–Trinajstić information content (AvgIpc) is 2.09. The van der Waals surface area contributed by atoms with Crippen LogP contribution in [-0.4, -0.2) is 24.0 Å². The fourth-order valence-corrected chi connectivity index (χ4v) is 1.41. The van der Waals surface area contributed by atoms with E-state index in [1.807, 2.05) is 0 Å². The number of nitrogens with one attached hydrogen (secondary N) is 1. The molecule has 1 unspecified atom stereocenters. The first-order chi connectivity index (χ1) is 6.22. The van der Waals surface area contributed by atoms with Crippen LogP contribution in [0, 0.1) is 0 Å². The minimum Gasteiger partial charge on any atom is -0.367 e. The topological polar surface area (TPSA) is 81.1 Å². The van der Waals surface area contributed by atoms with Crippen molar-refractivity contribution < 1.29 is 13.6 Å². The number of hydrogen-bond donors (Lipinski definition) is 3. The second-order valence-corrected chi connectivity index (χ2v) is 3.55. The number of nitrogens with two attached hydrogens (primary N) is 2. The van der Waals surface area contributed by atoms with Crippen LogP contribution >= 0.6 is 11.6 Å². The van der Waals surface area contributed by atoms with E-state index in [0.29, 0.717) is 0 Å². The fourth-order valence-electron chi connectivity index (χ4n) is 1.11. The number of rotatable bonds is 1. The van der Waals surface area contributed by atoms with E-state index < -0.39 is 34.6 Å². The zero-order valence-corrected chi connectivity index (χ0v) is 8.16. The van der Waals surface area contributed by atoms with E-state index in [1.165, 1.54) is 0 Å². The van der Waals surface area contributed by atoms with Gasteiger partial charge in [0.15, 0.2) is 5.66 Å². The molecule has 0 saturated carbocycles. The van der Waals surface area contributed by atoms with Gasteiger partial charge in [-0.15, -0.1) is 0 Å². The van der Waals surface area contributed by atoms with Crippen LogP contribution in [0.1, 0.15) is 6.92 Å². The monoisotopic (exact) mass is 225 g/mol. The van der Waals surface area contributed by atoms with E-state index in [-0.39, 0.29) is 0 Å². The van der Waals surface area contributed by atoms with Crippen molar-refractivity contribution in [2.75, 3.05) is 6.54 Å². The molecule has 0 aromatic carbocycles. The summed E-state index contributed by atoms with van der Waals surface area (Å²) in [6, 6.07) is 0. The maximum Gasteiger partial charge on any atom is 0.282 e. The van der Waals surface area contributed by atoms with Gasteiger partial charge in [-0.3, -0.25) is 10.1 Å². The van der Waals surface area contributed by atoms with Gasteiger partial charge in [-0.2, -0.15) is 0 Å². The second-order valence-electron chi connectivity index (χ2n) is 3.17. The lowest BCUT2D eigenvalue weighted by Gasteiger charge is -2.36. The van der Waals surface area contributed by atoms with Gasteiger partial charge in [0.25, 0.3) is 11.8 Å². The molecule has 1 atom stereocenters. The highest BCUT2D eigenvalue weighted by Crippen LogP contribution is 2.35. The van der Waals surface area contributed by atoms with E-state index in [1.54, 1.807) is 0 Å². The van der Waals surface area contributed by atoms with E-state index >= 15 is 0 Å². The van der Waals surface area contributed by atoms with Crippen LogP contribution in [-0.2, 0) is 4.79 Å². The molecule has 1 amide bonds. The Kier molecular flexibility index (Phi) is 2.55. The van der Waals surface area contributed by atoms with Gasteiger partial charge >= 0.3 is 0 Å². The van der Waals surface area contributed by atoms with Crippen LogP contribution in [0.3, 0.4) is 0 Å². The van der Waals surface area contributed by atoms with E-state index in [2.05, 4.69) is 5.32 Å². The SMILES string of the molecule is CC1=C(Cl)C(N)(C(N)=O)NCC1(F)F. The summed E-state index contributed by atoms with van der Waals surface area (Å²) in [5.41, 5.74) is 8.09. The Balaban J connectivity index is 3.22. The number of halogens is 3. The Morgan fingerprint density at radius 3 is 2.57 bits per heavy atom. The molecule has 4 nitrogen and oxygen atoms in total. The highest BCUT2D eigenvalue weighted by molar-refractivity contribution is 6.33. The first-order valence-corrected chi connectivity index (χ1v) is 4.18. The number of carbonyl (C=O) groups is 1. The third kappa shape index (κ3) is 1.49. The Morgan fingerprint density at radius 2 is 2.14 bits per heavy atom. The third-order valence-electron chi connectivity index (χ3n) is 2.20. The third-order valence-corrected chi connectivity index (χ3v) is 2.78. The smallest absolute Gasteiger partial charge is 0.282 e. The summed E-state index contributed by atoms with van der Waals surface area (Å²) in [6.07, 6.45) is 0. The first kappa shape index (κ1) is 11.4. The largest absolute Gasteiger partial charge is 0.367 e. The van der Waals surface area contributed by atoms with Crippen LogP contribution < -0.4 is 16.8 Å². The van der Waals surface area contributed by atoms with E-state index in [9.17, 15) is 13.6 Å². The molecule has 0 spiro atoms. The summed E-state index contributed by atoms with van der Waals surface area (Å²) in [5.74, 6) is -4.09. The lowest BCUT2D eigenvalue weighted by molar-refractivity contribution is -0.123. The van der Waals surface area contributed by atoms with Crippen LogP contribution in [0.15, 0.2) is 10.6 Å². The lowest BCUT2D eigenvalue weighted by atomic mass is 9.97. The fraction of sp³-hybridized carbons (Fsp3) is 0.571. The van der Waals surface area contributed by atoms with Crippen molar-refractivity contribution in [3.63, 3.8) is 0 Å². The van der Waals surface area contributed by atoms with Gasteiger partial charge < -0.3 is 11.5 Å². The molecule has 0 fully saturated rings. The molecule has 1 rings (SSSR count). The summed E-state index contributed by atoms with van der Waals surface area (Å²) < 4.78 is 26.1. The quantitative estimate of drug-likeness (QED) is 0.582. The average molecular weight is 226 g/mol. The molecule has 0 bridgehead atoms. The van der Waals surface area contributed by atoms with Gasteiger partial charge in [-0.1, -0.05) is 11.6 Å². The first-order valence-electron chi connectivity index (χ1n) is 3.81. The highest BCUT2D eigenvalue weighted by atomic mass is 35.5. The van der Waals surface area contributed by atoms with Gasteiger partial charge in [0, 0.05) is 5.57 Å². The van der Waals surface area contributed by atoms with Gasteiger partial charge in [0.2, 0.25) is 0 Å². The number of alkyl halides is 2.